The molecule has 2 heterocycles. The number of nitrogens with zero attached hydrogens (tertiary/aromatic N) is 2. The summed E-state index contributed by atoms with van der Waals surface area (Å²) in [6.07, 6.45) is 2.65. The molecule has 9 heteroatoms. The number of nitrogens with one attached hydrogen (secondary N) is 1. The Kier molecular flexibility index (Phi) is 3.82. The van der Waals surface area contributed by atoms with Crippen molar-refractivity contribution in [3.05, 3.63) is 18.0 Å². The number of pyridine rings is 1. The minimum absolute atomic E-state index is 0.203. The Morgan fingerprint density at radius 2 is 2.15 bits per heavy atom. The molecule has 2 rings (SSSR count). The van der Waals surface area contributed by atoms with Crippen molar-refractivity contribution in [1.29, 1.82) is 0 Å². The fourth-order valence-electron chi connectivity index (χ4n) is 1.70. The van der Waals surface area contributed by atoms with Crippen molar-refractivity contribution in [3.63, 3.8) is 0 Å². The largest absolute Gasteiger partial charge is 0.480 e. The maximum atomic E-state index is 11.4. The molecule has 7 nitrogen and oxygen atoms in total. The Hall–Kier alpha value is -1.87. The summed E-state index contributed by atoms with van der Waals surface area (Å²) < 4.78 is 30.1. The second-order valence-corrected chi connectivity index (χ2v) is 6.90. The second kappa shape index (κ2) is 5.25. The molecule has 0 amide bonds. The highest BCUT2D eigenvalue weighted by Crippen LogP contribution is 2.34. The van der Waals surface area contributed by atoms with Gasteiger partial charge in [0.25, 0.3) is 0 Å². The summed E-state index contributed by atoms with van der Waals surface area (Å²) in [5.74, 6) is 0.203. The third kappa shape index (κ3) is 3.17. The van der Waals surface area contributed by atoms with E-state index >= 15 is 0 Å². The normalized spacial score (nSPS) is 11.3. The van der Waals surface area contributed by atoms with Gasteiger partial charge in [-0.05, 0) is 13.0 Å². The average molecular weight is 314 g/mol. The van der Waals surface area contributed by atoms with Crippen LogP contribution >= 0.6 is 11.3 Å². The van der Waals surface area contributed by atoms with Crippen molar-refractivity contribution >= 4 is 32.2 Å². The summed E-state index contributed by atoms with van der Waals surface area (Å²) in [4.78, 5) is 9.07. The van der Waals surface area contributed by atoms with Gasteiger partial charge in [0.2, 0.25) is 15.9 Å². The average Bonchev–Trinajstić information content (AvgIpc) is 2.66. The molecular formula is C11H14N4O3S2. The van der Waals surface area contributed by atoms with E-state index in [1.807, 2.05) is 6.92 Å². The first-order valence-electron chi connectivity index (χ1n) is 5.55. The Balaban J connectivity index is 2.52. The molecule has 0 atom stereocenters. The minimum Gasteiger partial charge on any atom is -0.480 e. The number of aromatic nitrogens is 2. The van der Waals surface area contributed by atoms with Crippen LogP contribution in [0.2, 0.25) is 0 Å². The van der Waals surface area contributed by atoms with Crippen LogP contribution in [0.1, 0.15) is 5.69 Å². The first-order chi connectivity index (χ1) is 9.30. The van der Waals surface area contributed by atoms with E-state index in [0.29, 0.717) is 5.13 Å². The van der Waals surface area contributed by atoms with Crippen molar-refractivity contribution in [1.82, 2.24) is 9.97 Å². The monoisotopic (exact) mass is 314 g/mol. The predicted octanol–water partition coefficient (Wildman–Crippen LogP) is 1.48. The van der Waals surface area contributed by atoms with Crippen LogP contribution in [0.15, 0.2) is 12.3 Å². The quantitative estimate of drug-likeness (QED) is 0.885. The van der Waals surface area contributed by atoms with Crippen LogP contribution in [-0.2, 0) is 10.0 Å². The fraction of sp³-hybridized carbons (Fsp3) is 0.273. The molecule has 20 heavy (non-hydrogen) atoms. The highest BCUT2D eigenvalue weighted by molar-refractivity contribution is 7.92. The molecular weight excluding hydrogens is 300 g/mol. The maximum absolute atomic E-state index is 11.4. The van der Waals surface area contributed by atoms with Gasteiger partial charge < -0.3 is 10.5 Å². The summed E-state index contributed by atoms with van der Waals surface area (Å²) in [7, 11) is -2.00. The predicted molar refractivity (Wildman–Crippen MR) is 79.5 cm³/mol. The number of nitrogens with two attached hydrogens (primary N) is 1. The molecule has 0 saturated heterocycles. The van der Waals surface area contributed by atoms with Crippen LogP contribution in [0.3, 0.4) is 0 Å². The Morgan fingerprint density at radius 3 is 2.65 bits per heavy atom. The van der Waals surface area contributed by atoms with Crippen LogP contribution in [0.4, 0.5) is 10.8 Å². The number of anilines is 2. The lowest BCUT2D eigenvalue weighted by molar-refractivity contribution is 0.400. The van der Waals surface area contributed by atoms with E-state index in [2.05, 4.69) is 14.7 Å². The lowest BCUT2D eigenvalue weighted by Gasteiger charge is -2.10. The molecule has 0 aliphatic heterocycles. The molecule has 0 aromatic carbocycles. The molecule has 0 saturated carbocycles. The van der Waals surface area contributed by atoms with Crippen LogP contribution in [0, 0.1) is 6.92 Å². The molecule has 0 aliphatic rings. The van der Waals surface area contributed by atoms with Gasteiger partial charge in [0.05, 0.1) is 23.9 Å². The van der Waals surface area contributed by atoms with E-state index in [4.69, 9.17) is 10.5 Å². The number of aryl methyl sites for hydroxylation is 1. The standard InChI is InChI=1S/C11H14N4O3S2/c1-6-9(19-11(12)14-6)7-4-8(15-20(3,16)17)10(18-2)13-5-7/h4-5,15H,1-3H3,(H2,12,14). The molecule has 0 radical (unpaired) electrons. The third-order valence-electron chi connectivity index (χ3n) is 2.42. The SMILES string of the molecule is COc1ncc(-c2sc(N)nc2C)cc1NS(C)(=O)=O. The Bertz CT molecular complexity index is 740. The lowest BCUT2D eigenvalue weighted by atomic mass is 10.2. The van der Waals surface area contributed by atoms with Crippen LogP contribution in [0.25, 0.3) is 10.4 Å². The van der Waals surface area contributed by atoms with Gasteiger partial charge in [0, 0.05) is 11.8 Å². The molecule has 2 aromatic heterocycles. The Morgan fingerprint density at radius 1 is 1.45 bits per heavy atom. The van der Waals surface area contributed by atoms with E-state index in [1.165, 1.54) is 18.4 Å². The number of methoxy groups -OCH3 is 1. The highest BCUT2D eigenvalue weighted by atomic mass is 32.2. The number of hydrogen-bond donors (Lipinski definition) is 2. The number of nitrogen functional groups attached to an aromatic ring is 1. The number of hydrogen-bond acceptors (Lipinski definition) is 7. The van der Waals surface area contributed by atoms with Gasteiger partial charge >= 0.3 is 0 Å². The van der Waals surface area contributed by atoms with E-state index in [9.17, 15) is 8.42 Å². The number of sulfonamides is 1. The van der Waals surface area contributed by atoms with Crippen molar-refractivity contribution in [2.24, 2.45) is 0 Å². The van der Waals surface area contributed by atoms with Gasteiger partial charge in [-0.15, -0.1) is 0 Å². The lowest BCUT2D eigenvalue weighted by Crippen LogP contribution is -2.11. The topological polar surface area (TPSA) is 107 Å². The number of rotatable bonds is 4. The van der Waals surface area contributed by atoms with E-state index in [-0.39, 0.29) is 11.6 Å². The highest BCUT2D eigenvalue weighted by Gasteiger charge is 2.14. The number of ether oxygens (including phenoxy) is 1. The van der Waals surface area contributed by atoms with Crippen molar-refractivity contribution < 1.29 is 13.2 Å². The molecule has 0 aliphatic carbocycles. The van der Waals surface area contributed by atoms with Crippen molar-refractivity contribution in [3.8, 4) is 16.3 Å². The molecule has 0 spiro atoms. The van der Waals surface area contributed by atoms with Gasteiger partial charge in [-0.2, -0.15) is 0 Å². The number of thiazole rings is 1. The van der Waals surface area contributed by atoms with Crippen LogP contribution < -0.4 is 15.2 Å². The molecule has 2 aromatic rings. The zero-order valence-corrected chi connectivity index (χ0v) is 12.8. The molecule has 0 fully saturated rings. The smallest absolute Gasteiger partial charge is 0.238 e. The summed E-state index contributed by atoms with van der Waals surface area (Å²) in [5, 5.41) is 0.450. The van der Waals surface area contributed by atoms with Crippen molar-refractivity contribution in [2.75, 3.05) is 23.8 Å². The Labute approximate surface area is 120 Å². The van der Waals surface area contributed by atoms with E-state index in [0.717, 1.165) is 22.4 Å². The van der Waals surface area contributed by atoms with Crippen LogP contribution in [-0.4, -0.2) is 31.8 Å². The van der Waals surface area contributed by atoms with Gasteiger partial charge in [0.1, 0.15) is 5.69 Å². The zero-order valence-electron chi connectivity index (χ0n) is 11.2. The first kappa shape index (κ1) is 14.5. The summed E-state index contributed by atoms with van der Waals surface area (Å²) >= 11 is 1.32. The molecule has 0 unspecified atom stereocenters. The first-order valence-corrected chi connectivity index (χ1v) is 8.26. The van der Waals surface area contributed by atoms with Gasteiger partial charge in [-0.25, -0.2) is 18.4 Å². The molecule has 3 N–H and O–H groups in total. The zero-order chi connectivity index (χ0) is 14.9. The van der Waals surface area contributed by atoms with Gasteiger partial charge in [0.15, 0.2) is 5.13 Å². The molecule has 108 valence electrons. The van der Waals surface area contributed by atoms with Crippen molar-refractivity contribution in [2.45, 2.75) is 6.92 Å². The minimum atomic E-state index is -3.42. The van der Waals surface area contributed by atoms with Crippen LogP contribution in [0.5, 0.6) is 5.88 Å². The summed E-state index contributed by atoms with van der Waals surface area (Å²) in [6.45, 7) is 1.83. The van der Waals surface area contributed by atoms with Gasteiger partial charge in [-0.3, -0.25) is 4.72 Å². The second-order valence-electron chi connectivity index (χ2n) is 4.12. The maximum Gasteiger partial charge on any atom is 0.238 e. The van der Waals surface area contributed by atoms with E-state index in [1.54, 1.807) is 12.3 Å². The summed E-state index contributed by atoms with van der Waals surface area (Å²) in [5.41, 5.74) is 7.43. The molecule has 0 bridgehead atoms. The third-order valence-corrected chi connectivity index (χ3v) is 4.04. The van der Waals surface area contributed by atoms with E-state index < -0.39 is 10.0 Å². The fourth-order valence-corrected chi connectivity index (χ4v) is 3.06. The van der Waals surface area contributed by atoms with Gasteiger partial charge in [-0.1, -0.05) is 11.3 Å². The summed E-state index contributed by atoms with van der Waals surface area (Å²) in [6, 6.07) is 1.65.